The van der Waals surface area contributed by atoms with Crippen molar-refractivity contribution in [2.45, 2.75) is 19.4 Å². The van der Waals surface area contributed by atoms with Crippen molar-refractivity contribution in [2.24, 2.45) is 5.10 Å². The highest BCUT2D eigenvalue weighted by molar-refractivity contribution is 7.85. The van der Waals surface area contributed by atoms with Crippen LogP contribution in [0.5, 0.6) is 5.75 Å². The summed E-state index contributed by atoms with van der Waals surface area (Å²) in [6.07, 6.45) is 4.57. The summed E-state index contributed by atoms with van der Waals surface area (Å²) in [5.74, 6) is 0.396. The van der Waals surface area contributed by atoms with E-state index in [1.807, 2.05) is 60.3 Å². The van der Waals surface area contributed by atoms with Gasteiger partial charge in [-0.05, 0) is 24.6 Å². The molecule has 1 heterocycles. The van der Waals surface area contributed by atoms with E-state index >= 15 is 0 Å². The van der Waals surface area contributed by atoms with Crippen molar-refractivity contribution in [1.82, 2.24) is 0 Å². The number of benzene rings is 1. The van der Waals surface area contributed by atoms with Crippen LogP contribution in [-0.2, 0) is 16.7 Å². The SMILES string of the molecule is COc1ccccc1N(C)N=Cc1cccc[n+]1CCCCS(=O)(=O)[O-]. The van der Waals surface area contributed by atoms with Gasteiger partial charge in [0.2, 0.25) is 5.69 Å². The second-order valence-corrected chi connectivity index (χ2v) is 7.25. The molecule has 0 spiro atoms. The summed E-state index contributed by atoms with van der Waals surface area (Å²) < 4.78 is 39.3. The number of aromatic nitrogens is 1. The van der Waals surface area contributed by atoms with E-state index in [4.69, 9.17) is 4.74 Å². The van der Waals surface area contributed by atoms with Crippen molar-refractivity contribution >= 4 is 22.0 Å². The molecule has 140 valence electrons. The highest BCUT2D eigenvalue weighted by Gasteiger charge is 2.09. The number of hydrogen-bond acceptors (Lipinski definition) is 6. The maximum atomic E-state index is 10.7. The lowest BCUT2D eigenvalue weighted by Crippen LogP contribution is -2.38. The lowest BCUT2D eigenvalue weighted by molar-refractivity contribution is -0.698. The molecule has 0 radical (unpaired) electrons. The molecule has 1 aromatic heterocycles. The maximum absolute atomic E-state index is 10.7. The van der Waals surface area contributed by atoms with E-state index in [9.17, 15) is 13.0 Å². The van der Waals surface area contributed by atoms with Crippen molar-refractivity contribution in [2.75, 3.05) is 24.9 Å². The molecule has 0 fully saturated rings. The molecule has 1 aromatic carbocycles. The number of ether oxygens (including phenoxy) is 1. The normalized spacial score (nSPS) is 11.7. The van der Waals surface area contributed by atoms with E-state index in [1.54, 1.807) is 18.3 Å². The first-order chi connectivity index (χ1) is 12.4. The largest absolute Gasteiger partial charge is 0.748 e. The van der Waals surface area contributed by atoms with Gasteiger partial charge in [0.1, 0.15) is 24.2 Å². The molecule has 0 bridgehead atoms. The number of anilines is 1. The molecule has 8 heteroatoms. The van der Waals surface area contributed by atoms with Crippen LogP contribution >= 0.6 is 0 Å². The lowest BCUT2D eigenvalue weighted by atomic mass is 10.3. The van der Waals surface area contributed by atoms with E-state index in [-0.39, 0.29) is 5.75 Å². The second-order valence-electron chi connectivity index (χ2n) is 5.73. The Morgan fingerprint density at radius 2 is 1.92 bits per heavy atom. The molecule has 7 nitrogen and oxygen atoms in total. The minimum Gasteiger partial charge on any atom is -0.748 e. The van der Waals surface area contributed by atoms with Crippen LogP contribution < -0.4 is 14.3 Å². The third-order valence-electron chi connectivity index (χ3n) is 3.82. The van der Waals surface area contributed by atoms with Crippen molar-refractivity contribution in [3.8, 4) is 5.75 Å². The molecule has 2 rings (SSSR count). The Bertz CT molecular complexity index is 853. The minimum absolute atomic E-state index is 0.333. The third-order valence-corrected chi connectivity index (χ3v) is 4.60. The Morgan fingerprint density at radius 1 is 1.19 bits per heavy atom. The fourth-order valence-corrected chi connectivity index (χ4v) is 3.03. The van der Waals surface area contributed by atoms with Crippen LogP contribution in [0.4, 0.5) is 5.69 Å². The van der Waals surface area contributed by atoms with Crippen molar-refractivity contribution in [1.29, 1.82) is 0 Å². The number of nitrogens with zero attached hydrogens (tertiary/aromatic N) is 3. The van der Waals surface area contributed by atoms with Gasteiger partial charge in [-0.1, -0.05) is 12.1 Å². The van der Waals surface area contributed by atoms with E-state index in [0.717, 1.165) is 17.1 Å². The molecule has 0 amide bonds. The van der Waals surface area contributed by atoms with Crippen molar-refractivity contribution in [3.63, 3.8) is 0 Å². The zero-order valence-corrected chi connectivity index (χ0v) is 15.7. The van der Waals surface area contributed by atoms with Crippen molar-refractivity contribution in [3.05, 3.63) is 54.4 Å². The molecule has 0 N–H and O–H groups in total. The third kappa shape index (κ3) is 6.12. The van der Waals surface area contributed by atoms with Crippen LogP contribution in [0.1, 0.15) is 18.5 Å². The van der Waals surface area contributed by atoms with E-state index in [2.05, 4.69) is 5.10 Å². The summed E-state index contributed by atoms with van der Waals surface area (Å²) in [6.45, 7) is 0.607. The number of hydrogen-bond donors (Lipinski definition) is 0. The van der Waals surface area contributed by atoms with Gasteiger partial charge in [-0.25, -0.2) is 8.42 Å². The van der Waals surface area contributed by atoms with Gasteiger partial charge in [-0.15, -0.1) is 0 Å². The first-order valence-corrected chi connectivity index (χ1v) is 9.81. The Labute approximate surface area is 154 Å². The lowest BCUT2D eigenvalue weighted by Gasteiger charge is -2.15. The molecule has 0 atom stereocenters. The number of rotatable bonds is 9. The van der Waals surface area contributed by atoms with Gasteiger partial charge in [-0.2, -0.15) is 9.67 Å². The zero-order valence-electron chi connectivity index (χ0n) is 14.9. The number of methoxy groups -OCH3 is 1. The Balaban J connectivity index is 2.06. The summed E-state index contributed by atoms with van der Waals surface area (Å²) in [6, 6.07) is 13.3. The molecule has 0 saturated heterocycles. The molecular weight excluding hydrogens is 354 g/mol. The summed E-state index contributed by atoms with van der Waals surface area (Å²) >= 11 is 0. The monoisotopic (exact) mass is 377 g/mol. The summed E-state index contributed by atoms with van der Waals surface area (Å²) in [7, 11) is -0.703. The highest BCUT2D eigenvalue weighted by atomic mass is 32.2. The van der Waals surface area contributed by atoms with Gasteiger partial charge < -0.3 is 9.29 Å². The quantitative estimate of drug-likeness (QED) is 0.219. The number of hydrazone groups is 1. The average molecular weight is 377 g/mol. The van der Waals surface area contributed by atoms with Crippen LogP contribution in [0.15, 0.2) is 53.8 Å². The Kier molecular flexibility index (Phi) is 7.11. The predicted octanol–water partition coefficient (Wildman–Crippen LogP) is 1.78. The van der Waals surface area contributed by atoms with Crippen molar-refractivity contribution < 1.29 is 22.3 Å². The van der Waals surface area contributed by atoms with Crippen LogP contribution in [0.3, 0.4) is 0 Å². The van der Waals surface area contributed by atoms with Gasteiger partial charge >= 0.3 is 0 Å². The topological polar surface area (TPSA) is 85.9 Å². The standard InChI is InChI=1S/C18H23N3O4S/c1-20(17-10-3-4-11-18(17)25-2)19-15-16-9-5-6-12-21(16)13-7-8-14-26(22,23)24/h3-6,9-12,15H,7-8,13-14H2,1-2H3. The van der Waals surface area contributed by atoms with Crippen LogP contribution in [0, 0.1) is 0 Å². The smallest absolute Gasteiger partial charge is 0.225 e. The first kappa shape index (κ1) is 19.9. The number of para-hydroxylation sites is 2. The molecule has 2 aromatic rings. The number of pyridine rings is 1. The van der Waals surface area contributed by atoms with Crippen LogP contribution in [0.2, 0.25) is 0 Å². The maximum Gasteiger partial charge on any atom is 0.225 e. The Hall–Kier alpha value is -2.45. The molecule has 0 aliphatic rings. The van der Waals surface area contributed by atoms with Gasteiger partial charge in [0.15, 0.2) is 6.20 Å². The predicted molar refractivity (Wildman–Crippen MR) is 99.4 cm³/mol. The van der Waals surface area contributed by atoms with Gasteiger partial charge in [0.05, 0.1) is 17.2 Å². The average Bonchev–Trinajstić information content (AvgIpc) is 2.63. The van der Waals surface area contributed by atoms with Gasteiger partial charge in [0, 0.05) is 31.4 Å². The molecular formula is C18H23N3O4S. The molecule has 0 aliphatic heterocycles. The zero-order chi connectivity index (χ0) is 19.0. The van der Waals surface area contributed by atoms with Gasteiger partial charge in [0.25, 0.3) is 0 Å². The molecule has 0 aliphatic carbocycles. The van der Waals surface area contributed by atoms with E-state index in [1.165, 1.54) is 0 Å². The fraction of sp³-hybridized carbons (Fsp3) is 0.333. The fourth-order valence-electron chi connectivity index (χ4n) is 2.48. The minimum atomic E-state index is -4.15. The van der Waals surface area contributed by atoms with E-state index < -0.39 is 10.1 Å². The number of unbranched alkanes of at least 4 members (excludes halogenated alkanes) is 1. The van der Waals surface area contributed by atoms with Crippen LogP contribution in [-0.4, -0.2) is 39.1 Å². The summed E-state index contributed by atoms with van der Waals surface area (Å²) in [4.78, 5) is 0. The second kappa shape index (κ2) is 9.30. The highest BCUT2D eigenvalue weighted by Crippen LogP contribution is 2.26. The summed E-state index contributed by atoms with van der Waals surface area (Å²) in [5.41, 5.74) is 1.72. The van der Waals surface area contributed by atoms with Crippen LogP contribution in [0.25, 0.3) is 0 Å². The summed E-state index contributed by atoms with van der Waals surface area (Å²) in [5, 5.41) is 6.19. The number of aryl methyl sites for hydroxylation is 1. The van der Waals surface area contributed by atoms with E-state index in [0.29, 0.717) is 19.4 Å². The molecule has 0 unspecified atom stereocenters. The van der Waals surface area contributed by atoms with Gasteiger partial charge in [-0.3, -0.25) is 5.01 Å². The first-order valence-electron chi connectivity index (χ1n) is 8.23. The molecule has 26 heavy (non-hydrogen) atoms. The molecule has 0 saturated carbocycles. The Morgan fingerprint density at radius 3 is 2.65 bits per heavy atom.